The van der Waals surface area contributed by atoms with Crippen LogP contribution in [0.5, 0.6) is 0 Å². The molecule has 4 aromatic rings. The van der Waals surface area contributed by atoms with E-state index >= 15 is 0 Å². The maximum absolute atomic E-state index is 5.53. The molecule has 8 heteroatoms. The largest absolute Gasteiger partial charge is 0.378 e. The third-order valence-corrected chi connectivity index (χ3v) is 5.22. The number of hydrogen-bond acceptors (Lipinski definition) is 7. The first kappa shape index (κ1) is 19.4. The van der Waals surface area contributed by atoms with Gasteiger partial charge in [0, 0.05) is 37.5 Å². The molecule has 0 atom stereocenters. The van der Waals surface area contributed by atoms with Crippen molar-refractivity contribution in [2.75, 3.05) is 31.2 Å². The molecule has 0 aliphatic carbocycles. The van der Waals surface area contributed by atoms with Crippen molar-refractivity contribution in [3.8, 4) is 11.4 Å². The smallest absolute Gasteiger partial charge is 0.158 e. The van der Waals surface area contributed by atoms with Gasteiger partial charge in [0.25, 0.3) is 0 Å². The lowest BCUT2D eigenvalue weighted by Gasteiger charge is -2.29. The van der Waals surface area contributed by atoms with Gasteiger partial charge in [0.05, 0.1) is 25.5 Å². The van der Waals surface area contributed by atoms with Gasteiger partial charge in [-0.25, -0.2) is 4.98 Å². The zero-order valence-corrected chi connectivity index (χ0v) is 17.7. The molecule has 8 nitrogen and oxygen atoms in total. The number of rotatable bonds is 5. The Morgan fingerprint density at radius 2 is 1.94 bits per heavy atom. The fourth-order valence-corrected chi connectivity index (χ4v) is 3.72. The number of anilines is 1. The molecule has 0 saturated carbocycles. The lowest BCUT2D eigenvalue weighted by atomic mass is 10.1. The van der Waals surface area contributed by atoms with Crippen molar-refractivity contribution in [2.45, 2.75) is 20.4 Å². The average Bonchev–Trinajstić information content (AvgIpc) is 3.40. The maximum atomic E-state index is 5.53. The van der Waals surface area contributed by atoms with E-state index in [1.165, 1.54) is 5.56 Å². The van der Waals surface area contributed by atoms with Gasteiger partial charge in [0.2, 0.25) is 0 Å². The quantitative estimate of drug-likeness (QED) is 0.464. The van der Waals surface area contributed by atoms with Crippen molar-refractivity contribution < 1.29 is 9.26 Å². The van der Waals surface area contributed by atoms with E-state index in [4.69, 9.17) is 19.3 Å². The van der Waals surface area contributed by atoms with Crippen molar-refractivity contribution >= 4 is 17.7 Å². The number of benzene rings is 1. The van der Waals surface area contributed by atoms with Crippen molar-refractivity contribution in [3.63, 3.8) is 0 Å². The van der Waals surface area contributed by atoms with Crippen LogP contribution in [0.2, 0.25) is 0 Å². The molecule has 0 amide bonds. The second-order valence-electron chi connectivity index (χ2n) is 7.71. The lowest BCUT2D eigenvalue weighted by Crippen LogP contribution is -2.37. The first-order valence-corrected chi connectivity index (χ1v) is 10.4. The number of morpholine rings is 1. The molecule has 0 unspecified atom stereocenters. The molecule has 1 aliphatic heterocycles. The second kappa shape index (κ2) is 8.31. The minimum atomic E-state index is 0.491. The summed E-state index contributed by atoms with van der Waals surface area (Å²) in [5.41, 5.74) is 5.39. The van der Waals surface area contributed by atoms with Crippen LogP contribution in [0, 0.1) is 13.8 Å². The molecule has 1 saturated heterocycles. The topological polar surface area (TPSA) is 81.0 Å². The molecule has 31 heavy (non-hydrogen) atoms. The Hall–Kier alpha value is -3.52. The molecule has 0 radical (unpaired) electrons. The Bertz CT molecular complexity index is 1240. The van der Waals surface area contributed by atoms with E-state index in [1.54, 1.807) is 0 Å². The third-order valence-electron chi connectivity index (χ3n) is 5.22. The standard InChI is InChI=1S/C23H24N6O2/c1-16-4-3-5-18(10-16)14-24-15-19-12-23(28-6-8-30-9-7-28)29-22(25-19)13-20(26-29)21-11-17(2)31-27-21/h3-5,10-14H,6-9,15H2,1-2H3. The van der Waals surface area contributed by atoms with Crippen molar-refractivity contribution in [3.05, 3.63) is 65.0 Å². The normalized spacial score (nSPS) is 14.7. The van der Waals surface area contributed by atoms with Crippen LogP contribution in [0.15, 0.2) is 52.0 Å². The number of aromatic nitrogens is 4. The molecule has 0 spiro atoms. The van der Waals surface area contributed by atoms with Gasteiger partial charge in [-0.1, -0.05) is 35.0 Å². The van der Waals surface area contributed by atoms with Gasteiger partial charge in [-0.15, -0.1) is 0 Å². The highest BCUT2D eigenvalue weighted by Gasteiger charge is 2.19. The van der Waals surface area contributed by atoms with Gasteiger partial charge >= 0.3 is 0 Å². The number of nitrogens with zero attached hydrogens (tertiary/aromatic N) is 6. The van der Waals surface area contributed by atoms with Crippen LogP contribution in [-0.2, 0) is 11.3 Å². The van der Waals surface area contributed by atoms with E-state index in [0.29, 0.717) is 25.5 Å². The van der Waals surface area contributed by atoms with Crippen molar-refractivity contribution in [2.24, 2.45) is 4.99 Å². The van der Waals surface area contributed by atoms with Crippen molar-refractivity contribution in [1.29, 1.82) is 0 Å². The number of aliphatic imine (C=N–C) groups is 1. The highest BCUT2D eigenvalue weighted by molar-refractivity contribution is 5.79. The molecule has 5 rings (SSSR count). The molecule has 1 fully saturated rings. The fraction of sp³-hybridized carbons (Fsp3) is 0.304. The number of fused-ring (bicyclic) bond motifs is 1. The van der Waals surface area contributed by atoms with E-state index < -0.39 is 0 Å². The summed E-state index contributed by atoms with van der Waals surface area (Å²) in [6, 6.07) is 14.2. The van der Waals surface area contributed by atoms with Gasteiger partial charge in [0.15, 0.2) is 5.65 Å². The van der Waals surface area contributed by atoms with E-state index in [-0.39, 0.29) is 0 Å². The molecule has 4 heterocycles. The van der Waals surface area contributed by atoms with E-state index in [2.05, 4.69) is 46.2 Å². The zero-order chi connectivity index (χ0) is 21.2. The number of ether oxygens (including phenoxy) is 1. The van der Waals surface area contributed by atoms with Crippen LogP contribution in [0.25, 0.3) is 17.0 Å². The molecular formula is C23H24N6O2. The zero-order valence-electron chi connectivity index (χ0n) is 17.7. The van der Waals surface area contributed by atoms with Crippen LogP contribution in [0.3, 0.4) is 0 Å². The van der Waals surface area contributed by atoms with Crippen LogP contribution in [-0.4, -0.2) is 52.3 Å². The number of hydrogen-bond donors (Lipinski definition) is 0. The van der Waals surface area contributed by atoms with Crippen LogP contribution >= 0.6 is 0 Å². The molecule has 1 aromatic carbocycles. The second-order valence-corrected chi connectivity index (χ2v) is 7.71. The molecule has 0 bridgehead atoms. The summed E-state index contributed by atoms with van der Waals surface area (Å²) < 4.78 is 12.6. The Labute approximate surface area is 180 Å². The Balaban J connectivity index is 1.50. The Morgan fingerprint density at radius 3 is 2.71 bits per heavy atom. The molecule has 158 valence electrons. The maximum Gasteiger partial charge on any atom is 0.158 e. The SMILES string of the molecule is Cc1cccc(C=NCc2cc(N3CCOCC3)n3nc(-c4cc(C)on4)cc3n2)c1. The highest BCUT2D eigenvalue weighted by atomic mass is 16.5. The number of aryl methyl sites for hydroxylation is 2. The summed E-state index contributed by atoms with van der Waals surface area (Å²) in [5, 5.41) is 8.86. The summed E-state index contributed by atoms with van der Waals surface area (Å²) in [7, 11) is 0. The van der Waals surface area contributed by atoms with Gasteiger partial charge in [-0.3, -0.25) is 4.99 Å². The predicted octanol–water partition coefficient (Wildman–Crippen LogP) is 3.46. The monoisotopic (exact) mass is 416 g/mol. The lowest BCUT2D eigenvalue weighted by molar-refractivity contribution is 0.122. The van der Waals surface area contributed by atoms with Gasteiger partial charge in [-0.05, 0) is 19.4 Å². The summed E-state index contributed by atoms with van der Waals surface area (Å²) >= 11 is 0. The van der Waals surface area contributed by atoms with Crippen LogP contribution < -0.4 is 4.90 Å². The van der Waals surface area contributed by atoms with Gasteiger partial charge in [-0.2, -0.15) is 9.61 Å². The average molecular weight is 416 g/mol. The molecule has 3 aromatic heterocycles. The molecular weight excluding hydrogens is 392 g/mol. The van der Waals surface area contributed by atoms with Crippen molar-refractivity contribution in [1.82, 2.24) is 19.8 Å². The van der Waals surface area contributed by atoms with E-state index in [0.717, 1.165) is 47.3 Å². The van der Waals surface area contributed by atoms with E-state index in [9.17, 15) is 0 Å². The Morgan fingerprint density at radius 1 is 1.06 bits per heavy atom. The molecule has 0 N–H and O–H groups in total. The summed E-state index contributed by atoms with van der Waals surface area (Å²) in [6.07, 6.45) is 1.90. The molecule has 1 aliphatic rings. The minimum absolute atomic E-state index is 0.491. The minimum Gasteiger partial charge on any atom is -0.378 e. The summed E-state index contributed by atoms with van der Waals surface area (Å²) in [6.45, 7) is 7.45. The third kappa shape index (κ3) is 4.20. The van der Waals surface area contributed by atoms with Gasteiger partial charge in [0.1, 0.15) is 23.0 Å². The summed E-state index contributed by atoms with van der Waals surface area (Å²) in [4.78, 5) is 11.7. The first-order valence-electron chi connectivity index (χ1n) is 10.4. The summed E-state index contributed by atoms with van der Waals surface area (Å²) in [5.74, 6) is 1.74. The van der Waals surface area contributed by atoms with Gasteiger partial charge < -0.3 is 14.2 Å². The van der Waals surface area contributed by atoms with Crippen LogP contribution in [0.4, 0.5) is 5.82 Å². The van der Waals surface area contributed by atoms with E-state index in [1.807, 2.05) is 35.9 Å². The predicted molar refractivity (Wildman–Crippen MR) is 119 cm³/mol. The Kier molecular flexibility index (Phi) is 5.21. The van der Waals surface area contributed by atoms with Crippen LogP contribution in [0.1, 0.15) is 22.6 Å². The fourth-order valence-electron chi connectivity index (χ4n) is 3.72. The highest BCUT2D eigenvalue weighted by Crippen LogP contribution is 2.24. The first-order chi connectivity index (χ1) is 15.2.